The summed E-state index contributed by atoms with van der Waals surface area (Å²) >= 11 is 4.67. The fourth-order valence-electron chi connectivity index (χ4n) is 2.03. The van der Waals surface area contributed by atoms with E-state index in [-0.39, 0.29) is 17.1 Å². The molecule has 21 heavy (non-hydrogen) atoms. The molecule has 0 saturated carbocycles. The fraction of sp³-hybridized carbons (Fsp3) is 0.500. The Morgan fingerprint density at radius 2 is 1.90 bits per heavy atom. The molecule has 0 amide bonds. The Morgan fingerprint density at radius 3 is 2.29 bits per heavy atom. The summed E-state index contributed by atoms with van der Waals surface area (Å²) in [6.07, 6.45) is -4.54. The molecule has 0 aliphatic heterocycles. The zero-order valence-corrected chi connectivity index (χ0v) is 13.0. The Hall–Kier alpha value is -1.34. The maximum Gasteiger partial charge on any atom is 0.417 e. The summed E-state index contributed by atoms with van der Waals surface area (Å²) in [6.45, 7) is 5.69. The van der Waals surface area contributed by atoms with Crippen LogP contribution in [0.3, 0.4) is 0 Å². The molecule has 0 heterocycles. The van der Waals surface area contributed by atoms with Gasteiger partial charge in [-0.3, -0.25) is 0 Å². The van der Waals surface area contributed by atoms with Gasteiger partial charge < -0.3 is 15.7 Å². The van der Waals surface area contributed by atoms with Crippen molar-refractivity contribution in [3.05, 3.63) is 29.3 Å². The number of benzene rings is 1. The van der Waals surface area contributed by atoms with Crippen molar-refractivity contribution in [2.45, 2.75) is 32.5 Å². The van der Waals surface area contributed by atoms with E-state index in [9.17, 15) is 18.3 Å². The molecule has 0 atom stereocenters. The Balaban J connectivity index is 3.30. The maximum atomic E-state index is 13.1. The van der Waals surface area contributed by atoms with E-state index in [4.69, 9.17) is 5.73 Å². The third-order valence-electron chi connectivity index (χ3n) is 2.90. The molecule has 1 aromatic carbocycles. The molecule has 0 aliphatic carbocycles. The van der Waals surface area contributed by atoms with E-state index >= 15 is 0 Å². The summed E-state index contributed by atoms with van der Waals surface area (Å²) in [7, 11) is 0. The lowest BCUT2D eigenvalue weighted by Crippen LogP contribution is -2.38. The van der Waals surface area contributed by atoms with Gasteiger partial charge in [0.05, 0.1) is 11.2 Å². The molecular formula is C14H19F3N2OS. The quantitative estimate of drug-likeness (QED) is 0.819. The average Bonchev–Trinajstić information content (AvgIpc) is 2.33. The molecule has 1 rings (SSSR count). The second-order valence-corrected chi connectivity index (χ2v) is 5.86. The number of nitrogens with two attached hydrogens (primary N) is 1. The molecule has 0 unspecified atom stereocenters. The summed E-state index contributed by atoms with van der Waals surface area (Å²) in [5.74, 6) is 0. The van der Waals surface area contributed by atoms with Crippen molar-refractivity contribution in [2.75, 3.05) is 18.0 Å². The van der Waals surface area contributed by atoms with Crippen molar-refractivity contribution < 1.29 is 18.3 Å². The summed E-state index contributed by atoms with van der Waals surface area (Å²) in [5.41, 5.74) is 3.65. The van der Waals surface area contributed by atoms with Crippen LogP contribution in [0.4, 0.5) is 18.9 Å². The zero-order chi connectivity index (χ0) is 16.4. The summed E-state index contributed by atoms with van der Waals surface area (Å²) in [6, 6.07) is 3.82. The van der Waals surface area contributed by atoms with Crippen LogP contribution in [0.1, 0.15) is 31.9 Å². The number of nitrogens with zero attached hydrogens (tertiary/aromatic N) is 1. The number of hydrogen-bond donors (Lipinski definition) is 2. The highest BCUT2D eigenvalue weighted by atomic mass is 32.1. The maximum absolute atomic E-state index is 13.1. The largest absolute Gasteiger partial charge is 0.417 e. The number of aliphatic hydroxyl groups is 1. The van der Waals surface area contributed by atoms with E-state index in [0.717, 1.165) is 6.07 Å². The van der Waals surface area contributed by atoms with Gasteiger partial charge in [-0.15, -0.1) is 0 Å². The van der Waals surface area contributed by atoms with Gasteiger partial charge in [-0.05, 0) is 39.0 Å². The molecule has 0 radical (unpaired) electrons. The lowest BCUT2D eigenvalue weighted by Gasteiger charge is -2.30. The highest BCUT2D eigenvalue weighted by Crippen LogP contribution is 2.35. The van der Waals surface area contributed by atoms with Crippen LogP contribution in [-0.2, 0) is 6.18 Å². The first-order valence-electron chi connectivity index (χ1n) is 6.44. The Bertz CT molecular complexity index is 524. The van der Waals surface area contributed by atoms with Crippen molar-refractivity contribution in [1.82, 2.24) is 0 Å². The van der Waals surface area contributed by atoms with Crippen molar-refractivity contribution in [1.29, 1.82) is 0 Å². The molecule has 0 spiro atoms. The minimum atomic E-state index is -4.54. The molecule has 1 aromatic rings. The third-order valence-corrected chi connectivity index (χ3v) is 3.12. The lowest BCUT2D eigenvalue weighted by atomic mass is 10.0. The van der Waals surface area contributed by atoms with E-state index in [1.54, 1.807) is 25.7 Å². The minimum Gasteiger partial charge on any atom is -0.389 e. The number of halogens is 3. The molecular weight excluding hydrogens is 301 g/mol. The van der Waals surface area contributed by atoms with Crippen LogP contribution in [0.5, 0.6) is 0 Å². The first-order valence-corrected chi connectivity index (χ1v) is 6.85. The van der Waals surface area contributed by atoms with Crippen LogP contribution < -0.4 is 10.6 Å². The number of hydrogen-bond acceptors (Lipinski definition) is 3. The average molecular weight is 320 g/mol. The van der Waals surface area contributed by atoms with Crippen LogP contribution in [-0.4, -0.2) is 28.8 Å². The van der Waals surface area contributed by atoms with Crippen LogP contribution in [0.15, 0.2) is 18.2 Å². The van der Waals surface area contributed by atoms with Crippen LogP contribution in [0.2, 0.25) is 0 Å². The van der Waals surface area contributed by atoms with Gasteiger partial charge in [-0.1, -0.05) is 12.2 Å². The molecule has 0 aliphatic rings. The van der Waals surface area contributed by atoms with E-state index in [0.29, 0.717) is 12.2 Å². The molecule has 0 fully saturated rings. The second kappa shape index (κ2) is 6.19. The third kappa shape index (κ3) is 4.86. The molecule has 7 heteroatoms. The predicted octanol–water partition coefficient (Wildman–Crippen LogP) is 2.94. The van der Waals surface area contributed by atoms with E-state index in [1.165, 1.54) is 12.1 Å². The van der Waals surface area contributed by atoms with E-state index < -0.39 is 17.3 Å². The van der Waals surface area contributed by atoms with E-state index in [1.807, 2.05) is 0 Å². The van der Waals surface area contributed by atoms with Crippen LogP contribution in [0.25, 0.3) is 0 Å². The minimum absolute atomic E-state index is 0.194. The molecule has 0 aromatic heterocycles. The van der Waals surface area contributed by atoms with Gasteiger partial charge in [0.1, 0.15) is 4.99 Å². The summed E-state index contributed by atoms with van der Waals surface area (Å²) in [5, 5.41) is 9.85. The molecule has 0 bridgehead atoms. The summed E-state index contributed by atoms with van der Waals surface area (Å²) < 4.78 is 39.3. The van der Waals surface area contributed by atoms with Crippen LogP contribution >= 0.6 is 12.2 Å². The molecule has 0 saturated heterocycles. The lowest BCUT2D eigenvalue weighted by molar-refractivity contribution is -0.137. The van der Waals surface area contributed by atoms with Gasteiger partial charge in [-0.25, -0.2) is 0 Å². The van der Waals surface area contributed by atoms with Crippen molar-refractivity contribution in [2.24, 2.45) is 5.73 Å². The zero-order valence-electron chi connectivity index (χ0n) is 12.2. The number of thiocarbonyl (C=S) groups is 1. The van der Waals surface area contributed by atoms with E-state index in [2.05, 4.69) is 12.2 Å². The van der Waals surface area contributed by atoms with Crippen molar-refractivity contribution in [3.8, 4) is 0 Å². The second-order valence-electron chi connectivity index (χ2n) is 5.42. The van der Waals surface area contributed by atoms with Gasteiger partial charge in [0, 0.05) is 24.3 Å². The highest BCUT2D eigenvalue weighted by molar-refractivity contribution is 7.80. The van der Waals surface area contributed by atoms with Gasteiger partial charge in [0.2, 0.25) is 0 Å². The number of alkyl halides is 3. The highest BCUT2D eigenvalue weighted by Gasteiger charge is 2.34. The Morgan fingerprint density at radius 1 is 1.33 bits per heavy atom. The van der Waals surface area contributed by atoms with Gasteiger partial charge >= 0.3 is 6.18 Å². The first-order chi connectivity index (χ1) is 9.45. The smallest absolute Gasteiger partial charge is 0.389 e. The molecule has 3 N–H and O–H groups in total. The monoisotopic (exact) mass is 320 g/mol. The summed E-state index contributed by atoms with van der Waals surface area (Å²) in [4.78, 5) is 1.37. The van der Waals surface area contributed by atoms with Crippen molar-refractivity contribution in [3.63, 3.8) is 0 Å². The molecule has 118 valence electrons. The normalized spacial score (nSPS) is 12.3. The SMILES string of the molecule is CCN(CC(C)(C)O)c1ccc(C(N)=S)c(C(F)(F)F)c1. The number of likely N-dealkylation sites (N-methyl/N-ethyl adjacent to an activating group) is 1. The van der Waals surface area contributed by atoms with Gasteiger partial charge in [0.25, 0.3) is 0 Å². The predicted molar refractivity (Wildman–Crippen MR) is 81.5 cm³/mol. The topological polar surface area (TPSA) is 49.5 Å². The molecule has 3 nitrogen and oxygen atoms in total. The Labute approximate surface area is 127 Å². The van der Waals surface area contributed by atoms with Gasteiger partial charge in [-0.2, -0.15) is 13.2 Å². The Kier molecular flexibility index (Phi) is 5.22. The fourth-order valence-corrected chi connectivity index (χ4v) is 2.21. The van der Waals surface area contributed by atoms with Crippen molar-refractivity contribution >= 4 is 22.9 Å². The number of rotatable bonds is 5. The standard InChI is InChI=1S/C14H19F3N2OS/c1-4-19(8-13(2,3)20)9-5-6-10(12(18)21)11(7-9)14(15,16)17/h5-7,20H,4,8H2,1-3H3,(H2,18,21). The van der Waals surface area contributed by atoms with Gasteiger partial charge in [0.15, 0.2) is 0 Å². The van der Waals surface area contributed by atoms with Crippen LogP contribution in [0, 0.1) is 0 Å². The first kappa shape index (κ1) is 17.7. The number of anilines is 1.